The lowest BCUT2D eigenvalue weighted by atomic mass is 10.1. The molecule has 0 aliphatic heterocycles. The van der Waals surface area contributed by atoms with Gasteiger partial charge >= 0.3 is 0 Å². The van der Waals surface area contributed by atoms with E-state index in [4.69, 9.17) is 4.52 Å². The zero-order valence-corrected chi connectivity index (χ0v) is 15.8. The van der Waals surface area contributed by atoms with Gasteiger partial charge in [0, 0.05) is 25.2 Å². The first-order valence-electron chi connectivity index (χ1n) is 8.72. The minimum Gasteiger partial charge on any atom is -0.360 e. The Labute approximate surface area is 153 Å². The summed E-state index contributed by atoms with van der Waals surface area (Å²) in [6.07, 6.45) is 0. The fourth-order valence-electron chi connectivity index (χ4n) is 2.57. The second-order valence-corrected chi connectivity index (χ2v) is 6.19. The first-order chi connectivity index (χ1) is 12.4. The zero-order valence-electron chi connectivity index (χ0n) is 15.8. The summed E-state index contributed by atoms with van der Waals surface area (Å²) in [5.74, 6) is 0.418. The van der Waals surface area contributed by atoms with Gasteiger partial charge in [0.1, 0.15) is 5.76 Å². The van der Waals surface area contributed by atoms with E-state index in [1.807, 2.05) is 12.1 Å². The van der Waals surface area contributed by atoms with Crippen molar-refractivity contribution in [2.45, 2.75) is 27.3 Å². The molecular formula is C19H26N4O3. The van der Waals surface area contributed by atoms with E-state index in [1.165, 1.54) is 4.90 Å². The molecule has 2 rings (SSSR count). The van der Waals surface area contributed by atoms with Crippen LogP contribution >= 0.6 is 0 Å². The number of nitrogens with one attached hydrogen (secondary N) is 1. The molecule has 1 aromatic heterocycles. The van der Waals surface area contributed by atoms with Crippen molar-refractivity contribution in [1.82, 2.24) is 15.0 Å². The minimum absolute atomic E-state index is 0.0636. The van der Waals surface area contributed by atoms with Crippen molar-refractivity contribution in [2.24, 2.45) is 0 Å². The molecule has 1 N–H and O–H groups in total. The number of carbonyl (C=O) groups is 2. The van der Waals surface area contributed by atoms with Crippen LogP contribution in [0.4, 0.5) is 5.82 Å². The van der Waals surface area contributed by atoms with Gasteiger partial charge in [-0.15, -0.1) is 0 Å². The Morgan fingerprint density at radius 3 is 2.35 bits per heavy atom. The van der Waals surface area contributed by atoms with Gasteiger partial charge in [0.2, 0.25) is 5.91 Å². The number of hydrogen-bond donors (Lipinski definition) is 1. The third-order valence-electron chi connectivity index (χ3n) is 4.12. The summed E-state index contributed by atoms with van der Waals surface area (Å²) in [6.45, 7) is 8.76. The van der Waals surface area contributed by atoms with E-state index >= 15 is 0 Å². The van der Waals surface area contributed by atoms with Crippen LogP contribution in [0.5, 0.6) is 0 Å². The predicted octanol–water partition coefficient (Wildman–Crippen LogP) is 2.54. The molecule has 7 nitrogen and oxygen atoms in total. The van der Waals surface area contributed by atoms with Gasteiger partial charge in [0.05, 0.1) is 6.54 Å². The van der Waals surface area contributed by atoms with Gasteiger partial charge in [-0.1, -0.05) is 31.1 Å². The van der Waals surface area contributed by atoms with Crippen LogP contribution in [0.2, 0.25) is 0 Å². The summed E-state index contributed by atoms with van der Waals surface area (Å²) in [6, 6.07) is 9.14. The maximum absolute atomic E-state index is 12.5. The molecule has 0 radical (unpaired) electrons. The molecular weight excluding hydrogens is 332 g/mol. The highest BCUT2D eigenvalue weighted by molar-refractivity contribution is 5.98. The van der Waals surface area contributed by atoms with Gasteiger partial charge in [-0.05, 0) is 37.7 Å². The average Bonchev–Trinajstić information content (AvgIpc) is 3.04. The van der Waals surface area contributed by atoms with Crippen molar-refractivity contribution in [3.63, 3.8) is 0 Å². The van der Waals surface area contributed by atoms with Gasteiger partial charge in [-0.2, -0.15) is 0 Å². The number of rotatable bonds is 8. The molecule has 0 aliphatic carbocycles. The maximum Gasteiger partial charge on any atom is 0.254 e. The molecule has 1 heterocycles. The molecule has 0 fully saturated rings. The quantitative estimate of drug-likeness (QED) is 0.784. The van der Waals surface area contributed by atoms with Gasteiger partial charge in [0.15, 0.2) is 5.82 Å². The van der Waals surface area contributed by atoms with E-state index in [0.29, 0.717) is 17.1 Å². The van der Waals surface area contributed by atoms with Crippen molar-refractivity contribution in [2.75, 3.05) is 32.0 Å². The van der Waals surface area contributed by atoms with Gasteiger partial charge in [0.25, 0.3) is 5.91 Å². The number of amides is 2. The average molecular weight is 358 g/mol. The van der Waals surface area contributed by atoms with Crippen molar-refractivity contribution in [3.8, 4) is 0 Å². The molecule has 0 aliphatic rings. The third-order valence-corrected chi connectivity index (χ3v) is 4.12. The van der Waals surface area contributed by atoms with Crippen molar-refractivity contribution >= 4 is 17.6 Å². The van der Waals surface area contributed by atoms with Gasteiger partial charge in [-0.25, -0.2) is 0 Å². The van der Waals surface area contributed by atoms with Crippen LogP contribution in [-0.2, 0) is 11.3 Å². The Kier molecular flexibility index (Phi) is 6.91. The molecule has 0 bridgehead atoms. The predicted molar refractivity (Wildman–Crippen MR) is 99.9 cm³/mol. The van der Waals surface area contributed by atoms with Crippen molar-refractivity contribution in [1.29, 1.82) is 0 Å². The number of carbonyl (C=O) groups excluding carboxylic acids is 2. The molecule has 2 aromatic rings. The van der Waals surface area contributed by atoms with E-state index in [1.54, 1.807) is 32.2 Å². The first kappa shape index (κ1) is 19.7. The van der Waals surface area contributed by atoms with Crippen molar-refractivity contribution < 1.29 is 14.1 Å². The summed E-state index contributed by atoms with van der Waals surface area (Å²) in [7, 11) is 1.60. The first-order valence-corrected chi connectivity index (χ1v) is 8.72. The highest BCUT2D eigenvalue weighted by atomic mass is 16.5. The summed E-state index contributed by atoms with van der Waals surface area (Å²) in [5, 5.41) is 6.30. The number of likely N-dealkylation sites (N-methyl/N-ethyl adjacent to an activating group) is 1. The number of nitrogens with zero attached hydrogens (tertiary/aromatic N) is 3. The molecule has 0 saturated heterocycles. The van der Waals surface area contributed by atoms with E-state index < -0.39 is 0 Å². The number of aryl methyl sites for hydroxylation is 1. The van der Waals surface area contributed by atoms with E-state index in [-0.39, 0.29) is 18.4 Å². The van der Waals surface area contributed by atoms with Crippen LogP contribution in [0.15, 0.2) is 34.9 Å². The number of benzene rings is 1. The Morgan fingerprint density at radius 2 is 1.81 bits per heavy atom. The van der Waals surface area contributed by atoms with E-state index in [2.05, 4.69) is 29.2 Å². The Balaban J connectivity index is 1.91. The molecule has 7 heteroatoms. The summed E-state index contributed by atoms with van der Waals surface area (Å²) >= 11 is 0. The van der Waals surface area contributed by atoms with Crippen LogP contribution < -0.4 is 5.32 Å². The summed E-state index contributed by atoms with van der Waals surface area (Å²) in [4.78, 5) is 28.2. The molecule has 140 valence electrons. The van der Waals surface area contributed by atoms with Crippen molar-refractivity contribution in [3.05, 3.63) is 47.2 Å². The lowest BCUT2D eigenvalue weighted by Gasteiger charge is -2.19. The van der Waals surface area contributed by atoms with Gasteiger partial charge < -0.3 is 14.7 Å². The van der Waals surface area contributed by atoms with Crippen LogP contribution in [0.25, 0.3) is 0 Å². The second-order valence-electron chi connectivity index (χ2n) is 6.19. The lowest BCUT2D eigenvalue weighted by molar-refractivity contribution is -0.116. The SMILES string of the molecule is CCN(CC)Cc1ccc(C(=O)N(C)CC(=O)Nc2cc(C)on2)cc1. The topological polar surface area (TPSA) is 78.7 Å². The van der Waals surface area contributed by atoms with Gasteiger partial charge in [-0.3, -0.25) is 14.5 Å². The third kappa shape index (κ3) is 5.42. The van der Waals surface area contributed by atoms with Crippen LogP contribution in [0, 0.1) is 6.92 Å². The fraction of sp³-hybridized carbons (Fsp3) is 0.421. The highest BCUT2D eigenvalue weighted by Crippen LogP contribution is 2.10. The highest BCUT2D eigenvalue weighted by Gasteiger charge is 2.16. The maximum atomic E-state index is 12.5. The number of anilines is 1. The monoisotopic (exact) mass is 358 g/mol. The number of aromatic nitrogens is 1. The lowest BCUT2D eigenvalue weighted by Crippen LogP contribution is -2.35. The minimum atomic E-state index is -0.327. The molecule has 0 spiro atoms. The molecule has 2 amide bonds. The van der Waals surface area contributed by atoms with Crippen LogP contribution in [0.3, 0.4) is 0 Å². The molecule has 26 heavy (non-hydrogen) atoms. The fourth-order valence-corrected chi connectivity index (χ4v) is 2.57. The molecule has 1 aromatic carbocycles. The normalized spacial score (nSPS) is 10.8. The Bertz CT molecular complexity index is 735. The van der Waals surface area contributed by atoms with E-state index in [0.717, 1.165) is 25.2 Å². The molecule has 0 atom stereocenters. The number of hydrogen-bond acceptors (Lipinski definition) is 5. The van der Waals surface area contributed by atoms with E-state index in [9.17, 15) is 9.59 Å². The zero-order chi connectivity index (χ0) is 19.1. The van der Waals surface area contributed by atoms with Crippen LogP contribution in [-0.4, -0.2) is 53.5 Å². The largest absolute Gasteiger partial charge is 0.360 e. The standard InChI is InChI=1S/C19H26N4O3/c1-5-23(6-2)12-15-7-9-16(10-8-15)19(25)22(4)13-18(24)20-17-11-14(3)26-21-17/h7-11H,5-6,12-13H2,1-4H3,(H,20,21,24). The molecule has 0 saturated carbocycles. The summed E-state index contributed by atoms with van der Waals surface area (Å²) < 4.78 is 4.89. The Morgan fingerprint density at radius 1 is 1.15 bits per heavy atom. The smallest absolute Gasteiger partial charge is 0.254 e. The van der Waals surface area contributed by atoms with Crippen LogP contribution in [0.1, 0.15) is 35.5 Å². The Hall–Kier alpha value is -2.67. The summed E-state index contributed by atoms with van der Waals surface area (Å²) in [5.41, 5.74) is 1.72. The molecule has 0 unspecified atom stereocenters. The second kappa shape index (κ2) is 9.15.